The molecule has 1 aliphatic rings. The lowest BCUT2D eigenvalue weighted by atomic mass is 10.0. The van der Waals surface area contributed by atoms with Gasteiger partial charge in [0.2, 0.25) is 5.91 Å². The summed E-state index contributed by atoms with van der Waals surface area (Å²) in [5.74, 6) is 0.468. The molecule has 4 heteroatoms. The maximum atomic E-state index is 12.2. The number of hydrogen-bond acceptors (Lipinski definition) is 3. The zero-order valence-corrected chi connectivity index (χ0v) is 12.1. The smallest absolute Gasteiger partial charge is 0.225 e. The Kier molecular flexibility index (Phi) is 4.78. The number of hydrogen-bond donors (Lipinski definition) is 1. The highest BCUT2D eigenvalue weighted by molar-refractivity contribution is 7.11. The van der Waals surface area contributed by atoms with Crippen molar-refractivity contribution in [1.82, 2.24) is 10.2 Å². The van der Waals surface area contributed by atoms with E-state index in [1.54, 1.807) is 0 Å². The Hall–Kier alpha value is -0.870. The second kappa shape index (κ2) is 6.34. The van der Waals surface area contributed by atoms with Gasteiger partial charge < -0.3 is 10.2 Å². The lowest BCUT2D eigenvalue weighted by Gasteiger charge is -2.29. The number of rotatable bonds is 4. The number of nitrogens with zero attached hydrogens (tertiary/aromatic N) is 1. The van der Waals surface area contributed by atoms with Crippen molar-refractivity contribution in [3.8, 4) is 0 Å². The van der Waals surface area contributed by atoms with E-state index in [4.69, 9.17) is 0 Å². The molecular formula is C14H22N2OS. The molecule has 1 unspecified atom stereocenters. The van der Waals surface area contributed by atoms with Crippen LogP contribution in [0.25, 0.3) is 0 Å². The molecule has 1 amide bonds. The molecule has 0 aromatic carbocycles. The summed E-state index contributed by atoms with van der Waals surface area (Å²) < 4.78 is 0. The second-order valence-electron chi connectivity index (χ2n) is 5.03. The fraction of sp³-hybridized carbons (Fsp3) is 0.643. The number of nitrogens with one attached hydrogen (secondary N) is 1. The number of piperazine rings is 1. The molecule has 0 saturated carbocycles. The van der Waals surface area contributed by atoms with Crippen LogP contribution in [-0.2, 0) is 11.2 Å². The summed E-state index contributed by atoms with van der Waals surface area (Å²) >= 11 is 1.84. The number of carbonyl (C=O) groups excluding carboxylic acids is 1. The van der Waals surface area contributed by atoms with Crippen LogP contribution in [0.15, 0.2) is 12.1 Å². The third-order valence-corrected chi connectivity index (χ3v) is 4.53. The van der Waals surface area contributed by atoms with Crippen LogP contribution in [0.5, 0.6) is 0 Å². The Balaban J connectivity index is 1.79. The van der Waals surface area contributed by atoms with E-state index in [0.29, 0.717) is 5.91 Å². The molecule has 18 heavy (non-hydrogen) atoms. The molecule has 2 rings (SSSR count). The van der Waals surface area contributed by atoms with Crippen LogP contribution >= 0.6 is 11.3 Å². The molecule has 1 N–H and O–H groups in total. The van der Waals surface area contributed by atoms with Gasteiger partial charge in [-0.25, -0.2) is 0 Å². The van der Waals surface area contributed by atoms with Crippen LogP contribution in [0.4, 0.5) is 0 Å². The largest absolute Gasteiger partial charge is 0.340 e. The van der Waals surface area contributed by atoms with E-state index >= 15 is 0 Å². The minimum atomic E-state index is 0.144. The quantitative estimate of drug-likeness (QED) is 0.904. The fourth-order valence-corrected chi connectivity index (χ4v) is 3.20. The Morgan fingerprint density at radius 1 is 1.44 bits per heavy atom. The van der Waals surface area contributed by atoms with Crippen molar-refractivity contribution in [3.05, 3.63) is 21.9 Å². The van der Waals surface area contributed by atoms with Crippen LogP contribution in [0.1, 0.15) is 23.1 Å². The molecule has 1 fully saturated rings. The normalized spacial score (nSPS) is 17.8. The van der Waals surface area contributed by atoms with Crippen LogP contribution in [0.2, 0.25) is 0 Å². The van der Waals surface area contributed by atoms with Crippen LogP contribution < -0.4 is 5.32 Å². The molecule has 0 spiro atoms. The van der Waals surface area contributed by atoms with Crippen LogP contribution in [0, 0.1) is 12.8 Å². The Morgan fingerprint density at radius 2 is 2.17 bits per heavy atom. The highest BCUT2D eigenvalue weighted by Crippen LogP contribution is 2.19. The summed E-state index contributed by atoms with van der Waals surface area (Å²) in [6.45, 7) is 7.78. The predicted octanol–water partition coefficient (Wildman–Crippen LogP) is 2.06. The average molecular weight is 266 g/mol. The summed E-state index contributed by atoms with van der Waals surface area (Å²) in [7, 11) is 0. The molecule has 0 aliphatic carbocycles. The first-order chi connectivity index (χ1) is 8.66. The summed E-state index contributed by atoms with van der Waals surface area (Å²) in [6, 6.07) is 4.34. The molecule has 0 bridgehead atoms. The average Bonchev–Trinajstić information content (AvgIpc) is 2.82. The van der Waals surface area contributed by atoms with Gasteiger partial charge in [0, 0.05) is 41.9 Å². The molecule has 1 aromatic rings. The number of thiophene rings is 1. The Labute approximate surface area is 113 Å². The van der Waals surface area contributed by atoms with E-state index in [1.165, 1.54) is 9.75 Å². The van der Waals surface area contributed by atoms with Gasteiger partial charge in [-0.2, -0.15) is 0 Å². The van der Waals surface area contributed by atoms with Gasteiger partial charge in [-0.05, 0) is 31.9 Å². The summed E-state index contributed by atoms with van der Waals surface area (Å²) in [6.07, 6.45) is 1.99. The first-order valence-corrected chi connectivity index (χ1v) is 7.53. The van der Waals surface area contributed by atoms with Gasteiger partial charge in [-0.3, -0.25) is 4.79 Å². The first kappa shape index (κ1) is 13.6. The van der Waals surface area contributed by atoms with E-state index in [0.717, 1.165) is 39.0 Å². The van der Waals surface area contributed by atoms with Crippen molar-refractivity contribution >= 4 is 17.2 Å². The molecule has 3 nitrogen and oxygen atoms in total. The maximum Gasteiger partial charge on any atom is 0.225 e. The van der Waals surface area contributed by atoms with E-state index < -0.39 is 0 Å². The van der Waals surface area contributed by atoms with E-state index in [2.05, 4.69) is 31.3 Å². The van der Waals surface area contributed by atoms with E-state index in [-0.39, 0.29) is 5.92 Å². The predicted molar refractivity (Wildman–Crippen MR) is 76.0 cm³/mol. The number of aryl methyl sites for hydroxylation is 2. The minimum Gasteiger partial charge on any atom is -0.340 e. The van der Waals surface area contributed by atoms with Gasteiger partial charge in [0.05, 0.1) is 0 Å². The second-order valence-corrected chi connectivity index (χ2v) is 6.40. The van der Waals surface area contributed by atoms with E-state index in [9.17, 15) is 4.79 Å². The number of carbonyl (C=O) groups is 1. The van der Waals surface area contributed by atoms with Crippen molar-refractivity contribution in [1.29, 1.82) is 0 Å². The minimum absolute atomic E-state index is 0.144. The third-order valence-electron chi connectivity index (χ3n) is 3.47. The topological polar surface area (TPSA) is 32.3 Å². The zero-order valence-electron chi connectivity index (χ0n) is 11.2. The molecular weight excluding hydrogens is 244 g/mol. The monoisotopic (exact) mass is 266 g/mol. The summed E-state index contributed by atoms with van der Waals surface area (Å²) in [5.41, 5.74) is 0. The maximum absolute atomic E-state index is 12.2. The SMILES string of the molecule is Cc1ccc(CCC(C)C(=O)N2CCNCC2)s1. The highest BCUT2D eigenvalue weighted by atomic mass is 32.1. The highest BCUT2D eigenvalue weighted by Gasteiger charge is 2.21. The Morgan fingerprint density at radius 3 is 2.78 bits per heavy atom. The van der Waals surface area contributed by atoms with Crippen molar-refractivity contribution in [2.24, 2.45) is 5.92 Å². The van der Waals surface area contributed by atoms with Gasteiger partial charge in [0.15, 0.2) is 0 Å². The van der Waals surface area contributed by atoms with Crippen molar-refractivity contribution in [2.45, 2.75) is 26.7 Å². The van der Waals surface area contributed by atoms with Crippen LogP contribution in [-0.4, -0.2) is 37.0 Å². The molecule has 1 aromatic heterocycles. The lowest BCUT2D eigenvalue weighted by Crippen LogP contribution is -2.48. The van der Waals surface area contributed by atoms with Gasteiger partial charge in [0.25, 0.3) is 0 Å². The molecule has 2 heterocycles. The van der Waals surface area contributed by atoms with Crippen molar-refractivity contribution in [3.63, 3.8) is 0 Å². The molecule has 0 radical (unpaired) electrons. The van der Waals surface area contributed by atoms with Gasteiger partial charge in [-0.1, -0.05) is 6.92 Å². The molecule has 100 valence electrons. The number of amides is 1. The first-order valence-electron chi connectivity index (χ1n) is 6.71. The third kappa shape index (κ3) is 3.56. The van der Waals surface area contributed by atoms with Crippen molar-refractivity contribution in [2.75, 3.05) is 26.2 Å². The lowest BCUT2D eigenvalue weighted by molar-refractivity contribution is -0.135. The summed E-state index contributed by atoms with van der Waals surface area (Å²) in [5, 5.41) is 3.28. The van der Waals surface area contributed by atoms with Crippen molar-refractivity contribution < 1.29 is 4.79 Å². The van der Waals surface area contributed by atoms with E-state index in [1.807, 2.05) is 16.2 Å². The fourth-order valence-electron chi connectivity index (χ4n) is 2.30. The van der Waals surface area contributed by atoms with Gasteiger partial charge >= 0.3 is 0 Å². The molecule has 1 atom stereocenters. The standard InChI is InChI=1S/C14H22N2OS/c1-11(3-5-13-6-4-12(2)18-13)14(17)16-9-7-15-8-10-16/h4,6,11,15H,3,5,7-10H2,1-2H3. The molecule has 1 saturated heterocycles. The Bertz CT molecular complexity index is 396. The zero-order chi connectivity index (χ0) is 13.0. The van der Waals surface area contributed by atoms with Gasteiger partial charge in [0.1, 0.15) is 0 Å². The summed E-state index contributed by atoms with van der Waals surface area (Å²) in [4.78, 5) is 17.0. The van der Waals surface area contributed by atoms with Gasteiger partial charge in [-0.15, -0.1) is 11.3 Å². The van der Waals surface area contributed by atoms with Crippen LogP contribution in [0.3, 0.4) is 0 Å². The molecule has 1 aliphatic heterocycles.